The molecule has 1 aromatic rings. The fraction of sp³-hybridized carbons (Fsp3) is 0.385. The van der Waals surface area contributed by atoms with E-state index in [2.05, 4.69) is 11.3 Å². The highest BCUT2D eigenvalue weighted by molar-refractivity contribution is 5.29. The van der Waals surface area contributed by atoms with Crippen molar-refractivity contribution in [2.24, 2.45) is 0 Å². The third kappa shape index (κ3) is 5.76. The molecule has 0 fully saturated rings. The molecule has 1 rings (SSSR count). The summed E-state index contributed by atoms with van der Waals surface area (Å²) in [6.07, 6.45) is -2.80. The Hall–Kier alpha value is -1.53. The van der Waals surface area contributed by atoms with E-state index in [1.807, 2.05) is 0 Å². The first-order valence-electron chi connectivity index (χ1n) is 5.53. The molecule has 106 valence electrons. The van der Waals surface area contributed by atoms with Crippen molar-refractivity contribution in [3.05, 3.63) is 42.5 Å². The zero-order valence-corrected chi connectivity index (χ0v) is 10.4. The first-order valence-corrected chi connectivity index (χ1v) is 5.53. The number of alkyl halides is 3. The summed E-state index contributed by atoms with van der Waals surface area (Å²) in [6, 6.07) is 5.53. The van der Waals surface area contributed by atoms with Gasteiger partial charge in [-0.3, -0.25) is 0 Å². The number of rotatable bonds is 7. The number of hydrogen-bond acceptors (Lipinski definition) is 3. The lowest BCUT2D eigenvalue weighted by molar-refractivity contribution is -0.274. The Kier molecular flexibility index (Phi) is 5.85. The molecule has 0 aliphatic rings. The molecule has 0 radical (unpaired) electrons. The second-order valence-electron chi connectivity index (χ2n) is 3.70. The summed E-state index contributed by atoms with van der Waals surface area (Å²) < 4.78 is 50.0. The maximum Gasteiger partial charge on any atom is 0.573 e. The molecule has 0 saturated carbocycles. The Morgan fingerprint density at radius 3 is 2.37 bits per heavy atom. The lowest BCUT2D eigenvalue weighted by atomic mass is 10.1. The quantitative estimate of drug-likeness (QED) is 0.559. The van der Waals surface area contributed by atoms with Gasteiger partial charge in [0.25, 0.3) is 0 Å². The third-order valence-electron chi connectivity index (χ3n) is 2.25. The van der Waals surface area contributed by atoms with Gasteiger partial charge >= 0.3 is 6.36 Å². The van der Waals surface area contributed by atoms with Crippen molar-refractivity contribution in [1.29, 1.82) is 0 Å². The van der Waals surface area contributed by atoms with Crippen molar-refractivity contribution in [3.63, 3.8) is 0 Å². The zero-order chi connectivity index (χ0) is 14.3. The number of hydrogen-bond donors (Lipinski definition) is 0. The molecule has 6 heteroatoms. The Morgan fingerprint density at radius 1 is 1.26 bits per heavy atom. The van der Waals surface area contributed by atoms with Crippen LogP contribution in [0.15, 0.2) is 36.9 Å². The molecule has 0 heterocycles. The molecule has 0 aliphatic heterocycles. The van der Waals surface area contributed by atoms with E-state index in [1.165, 1.54) is 31.4 Å². The van der Waals surface area contributed by atoms with E-state index in [4.69, 9.17) is 9.47 Å². The molecule has 0 N–H and O–H groups in total. The van der Waals surface area contributed by atoms with E-state index in [-0.39, 0.29) is 18.6 Å². The summed E-state index contributed by atoms with van der Waals surface area (Å²) in [5.41, 5.74) is 0.728. The summed E-state index contributed by atoms with van der Waals surface area (Å²) in [7, 11) is 1.49. The minimum absolute atomic E-state index is 0.0965. The standard InChI is InChI=1S/C13H15F3O3/c1-3-4-12(18-9-17-2)10-5-7-11(8-6-10)19-13(14,15)16/h3,5-8,12H,1,4,9H2,2H3. The highest BCUT2D eigenvalue weighted by atomic mass is 19.4. The normalized spacial score (nSPS) is 13.1. The minimum Gasteiger partial charge on any atom is -0.406 e. The van der Waals surface area contributed by atoms with E-state index in [9.17, 15) is 13.2 Å². The van der Waals surface area contributed by atoms with Gasteiger partial charge in [-0.25, -0.2) is 0 Å². The molecule has 1 unspecified atom stereocenters. The Bertz CT molecular complexity index is 387. The maximum absolute atomic E-state index is 12.0. The second-order valence-corrected chi connectivity index (χ2v) is 3.70. The highest BCUT2D eigenvalue weighted by Crippen LogP contribution is 2.27. The number of halogens is 3. The predicted octanol–water partition coefficient (Wildman–Crippen LogP) is 3.82. The van der Waals surface area contributed by atoms with Crippen molar-refractivity contribution < 1.29 is 27.4 Å². The predicted molar refractivity (Wildman–Crippen MR) is 63.6 cm³/mol. The SMILES string of the molecule is C=CCC(OCOC)c1ccc(OC(F)(F)F)cc1. The van der Waals surface area contributed by atoms with Gasteiger partial charge in [-0.2, -0.15) is 0 Å². The van der Waals surface area contributed by atoms with Gasteiger partial charge in [0.1, 0.15) is 12.5 Å². The average molecular weight is 276 g/mol. The smallest absolute Gasteiger partial charge is 0.406 e. The van der Waals surface area contributed by atoms with Crippen LogP contribution in [-0.4, -0.2) is 20.3 Å². The van der Waals surface area contributed by atoms with Gasteiger partial charge in [-0.15, -0.1) is 19.8 Å². The van der Waals surface area contributed by atoms with Crippen molar-refractivity contribution in [2.75, 3.05) is 13.9 Å². The third-order valence-corrected chi connectivity index (χ3v) is 2.25. The van der Waals surface area contributed by atoms with Crippen LogP contribution in [0.1, 0.15) is 18.1 Å². The average Bonchev–Trinajstić information content (AvgIpc) is 2.34. The molecule has 0 spiro atoms. The molecule has 0 saturated heterocycles. The Balaban J connectivity index is 2.73. The molecule has 1 atom stereocenters. The molecule has 0 aliphatic carbocycles. The van der Waals surface area contributed by atoms with Crippen LogP contribution in [0.25, 0.3) is 0 Å². The van der Waals surface area contributed by atoms with Gasteiger partial charge < -0.3 is 14.2 Å². The first-order chi connectivity index (χ1) is 8.96. The lowest BCUT2D eigenvalue weighted by Crippen LogP contribution is -2.17. The zero-order valence-electron chi connectivity index (χ0n) is 10.4. The molecule has 3 nitrogen and oxygen atoms in total. The molecule has 0 bridgehead atoms. The summed E-state index contributed by atoms with van der Waals surface area (Å²) in [5.74, 6) is -0.264. The largest absolute Gasteiger partial charge is 0.573 e. The molecular formula is C13H15F3O3. The highest BCUT2D eigenvalue weighted by Gasteiger charge is 2.31. The minimum atomic E-state index is -4.69. The van der Waals surface area contributed by atoms with Crippen LogP contribution in [0.3, 0.4) is 0 Å². The van der Waals surface area contributed by atoms with Crippen LogP contribution in [0.5, 0.6) is 5.75 Å². The van der Waals surface area contributed by atoms with Crippen molar-refractivity contribution in [1.82, 2.24) is 0 Å². The van der Waals surface area contributed by atoms with E-state index in [1.54, 1.807) is 6.08 Å². The Morgan fingerprint density at radius 2 is 1.89 bits per heavy atom. The van der Waals surface area contributed by atoms with Gasteiger partial charge in [0.05, 0.1) is 6.10 Å². The van der Waals surface area contributed by atoms with E-state index >= 15 is 0 Å². The topological polar surface area (TPSA) is 27.7 Å². The molecule has 0 aromatic heterocycles. The van der Waals surface area contributed by atoms with E-state index in [0.29, 0.717) is 6.42 Å². The molecular weight excluding hydrogens is 261 g/mol. The summed E-state index contributed by atoms with van der Waals surface area (Å²) in [6.45, 7) is 3.70. The van der Waals surface area contributed by atoms with Crippen LogP contribution in [0.4, 0.5) is 13.2 Å². The van der Waals surface area contributed by atoms with Gasteiger partial charge in [-0.05, 0) is 24.1 Å². The van der Waals surface area contributed by atoms with Crippen LogP contribution >= 0.6 is 0 Å². The van der Waals surface area contributed by atoms with Gasteiger partial charge in [0, 0.05) is 7.11 Å². The van der Waals surface area contributed by atoms with E-state index in [0.717, 1.165) is 5.56 Å². The first kappa shape index (κ1) is 15.5. The van der Waals surface area contributed by atoms with Crippen molar-refractivity contribution >= 4 is 0 Å². The summed E-state index contributed by atoms with van der Waals surface area (Å²) in [5, 5.41) is 0. The van der Waals surface area contributed by atoms with Gasteiger partial charge in [0.2, 0.25) is 0 Å². The molecule has 0 amide bonds. The van der Waals surface area contributed by atoms with Crippen molar-refractivity contribution in [2.45, 2.75) is 18.9 Å². The summed E-state index contributed by atoms with van der Waals surface area (Å²) in [4.78, 5) is 0. The van der Waals surface area contributed by atoms with Gasteiger partial charge in [0.15, 0.2) is 0 Å². The molecule has 19 heavy (non-hydrogen) atoms. The number of ether oxygens (including phenoxy) is 3. The number of methoxy groups -OCH3 is 1. The molecule has 1 aromatic carbocycles. The Labute approximate surface area is 109 Å². The summed E-state index contributed by atoms with van der Waals surface area (Å²) >= 11 is 0. The fourth-order valence-corrected chi connectivity index (χ4v) is 1.49. The second kappa shape index (κ2) is 7.16. The number of benzene rings is 1. The maximum atomic E-state index is 12.0. The van der Waals surface area contributed by atoms with Crippen LogP contribution in [0, 0.1) is 0 Å². The lowest BCUT2D eigenvalue weighted by Gasteiger charge is -2.17. The van der Waals surface area contributed by atoms with Gasteiger partial charge in [-0.1, -0.05) is 18.2 Å². The fourth-order valence-electron chi connectivity index (χ4n) is 1.49. The monoisotopic (exact) mass is 276 g/mol. The van der Waals surface area contributed by atoms with Crippen LogP contribution in [0.2, 0.25) is 0 Å². The van der Waals surface area contributed by atoms with Crippen LogP contribution < -0.4 is 4.74 Å². The van der Waals surface area contributed by atoms with Crippen molar-refractivity contribution in [3.8, 4) is 5.75 Å². The van der Waals surface area contributed by atoms with E-state index < -0.39 is 6.36 Å². The van der Waals surface area contributed by atoms with Crippen LogP contribution in [-0.2, 0) is 9.47 Å².